The largest absolute Gasteiger partial charge is 0.465 e. The van der Waals surface area contributed by atoms with Gasteiger partial charge in [0.15, 0.2) is 0 Å². The van der Waals surface area contributed by atoms with Gasteiger partial charge in [-0.05, 0) is 63.0 Å². The molecular formula is C24H36N4O4. The molecule has 4 rings (SSSR count). The summed E-state index contributed by atoms with van der Waals surface area (Å²) in [5.74, 6) is 1.29. The molecule has 32 heavy (non-hydrogen) atoms. The summed E-state index contributed by atoms with van der Waals surface area (Å²) in [6.45, 7) is 6.73. The number of rotatable bonds is 5. The van der Waals surface area contributed by atoms with Crippen molar-refractivity contribution >= 4 is 23.5 Å². The number of anilines is 2. The summed E-state index contributed by atoms with van der Waals surface area (Å²) >= 11 is 0. The normalized spacial score (nSPS) is 28.6. The maximum absolute atomic E-state index is 13.5. The van der Waals surface area contributed by atoms with Crippen molar-refractivity contribution in [2.24, 2.45) is 11.3 Å². The molecule has 2 amide bonds. The number of pyridine rings is 1. The standard InChI is InChI=1S/C24H36N4O4/c1-17(2)15-28(23(31)32)19-6-9-21(25-14-19)26-12-3-10-24(16-26)11-13-27(22(24)30)18-4-7-20(29)8-5-18/h6,9,14,17-18,20,29H,3-5,7-8,10-13,15-16H2,1-2H3,(H,31,32)/t18-,20-,24-/m0/s1. The predicted octanol–water partition coefficient (Wildman–Crippen LogP) is 3.34. The van der Waals surface area contributed by atoms with Gasteiger partial charge >= 0.3 is 6.09 Å². The van der Waals surface area contributed by atoms with E-state index in [1.165, 1.54) is 4.90 Å². The van der Waals surface area contributed by atoms with Crippen LogP contribution in [0, 0.1) is 11.3 Å². The molecular weight excluding hydrogens is 408 g/mol. The molecule has 0 unspecified atom stereocenters. The van der Waals surface area contributed by atoms with Crippen molar-refractivity contribution in [3.63, 3.8) is 0 Å². The topological polar surface area (TPSA) is 97.2 Å². The van der Waals surface area contributed by atoms with E-state index in [1.54, 1.807) is 6.20 Å². The minimum absolute atomic E-state index is 0.213. The molecule has 2 saturated heterocycles. The Morgan fingerprint density at radius 1 is 1.22 bits per heavy atom. The lowest BCUT2D eigenvalue weighted by Gasteiger charge is -2.41. The highest BCUT2D eigenvalue weighted by Crippen LogP contribution is 2.43. The molecule has 0 bridgehead atoms. The summed E-state index contributed by atoms with van der Waals surface area (Å²) in [6, 6.07) is 3.96. The number of hydrogen-bond donors (Lipinski definition) is 2. The monoisotopic (exact) mass is 444 g/mol. The highest BCUT2D eigenvalue weighted by Gasteiger charge is 2.50. The van der Waals surface area contributed by atoms with Crippen LogP contribution >= 0.6 is 0 Å². The minimum Gasteiger partial charge on any atom is -0.465 e. The molecule has 0 aromatic carbocycles. The van der Waals surface area contributed by atoms with E-state index in [2.05, 4.69) is 14.8 Å². The van der Waals surface area contributed by atoms with Crippen molar-refractivity contribution in [2.75, 3.05) is 36.0 Å². The van der Waals surface area contributed by atoms with Crippen LogP contribution in [0.4, 0.5) is 16.3 Å². The van der Waals surface area contributed by atoms with Gasteiger partial charge in [-0.25, -0.2) is 9.78 Å². The van der Waals surface area contributed by atoms with Gasteiger partial charge in [0.25, 0.3) is 0 Å². The minimum atomic E-state index is -0.975. The smallest absolute Gasteiger partial charge is 0.411 e. The lowest BCUT2D eigenvalue weighted by atomic mass is 9.78. The molecule has 176 valence electrons. The molecule has 1 aromatic heterocycles. The first-order valence-electron chi connectivity index (χ1n) is 12.0. The zero-order chi connectivity index (χ0) is 22.9. The first kappa shape index (κ1) is 22.8. The summed E-state index contributed by atoms with van der Waals surface area (Å²) in [7, 11) is 0. The van der Waals surface area contributed by atoms with E-state index >= 15 is 0 Å². The Bertz CT molecular complexity index is 822. The van der Waals surface area contributed by atoms with E-state index in [9.17, 15) is 19.8 Å². The third-order valence-corrected chi connectivity index (χ3v) is 7.38. The molecule has 3 fully saturated rings. The summed E-state index contributed by atoms with van der Waals surface area (Å²) < 4.78 is 0. The van der Waals surface area contributed by atoms with Gasteiger partial charge in [0.05, 0.1) is 23.4 Å². The van der Waals surface area contributed by atoms with Crippen molar-refractivity contribution < 1.29 is 19.8 Å². The van der Waals surface area contributed by atoms with Gasteiger partial charge in [-0.3, -0.25) is 9.69 Å². The maximum atomic E-state index is 13.5. The quantitative estimate of drug-likeness (QED) is 0.723. The molecule has 3 aliphatic rings. The molecule has 1 aliphatic carbocycles. The third-order valence-electron chi connectivity index (χ3n) is 7.38. The second kappa shape index (κ2) is 9.25. The molecule has 2 aliphatic heterocycles. The van der Waals surface area contributed by atoms with E-state index in [0.29, 0.717) is 18.8 Å². The summed E-state index contributed by atoms with van der Waals surface area (Å²) in [6.07, 6.45) is 6.53. The third kappa shape index (κ3) is 4.56. The fraction of sp³-hybridized carbons (Fsp3) is 0.708. The van der Waals surface area contributed by atoms with Gasteiger partial charge in [-0.2, -0.15) is 0 Å². The van der Waals surface area contributed by atoms with Crippen LogP contribution in [0.15, 0.2) is 18.3 Å². The lowest BCUT2D eigenvalue weighted by molar-refractivity contribution is -0.139. The lowest BCUT2D eigenvalue weighted by Crippen LogP contribution is -2.50. The zero-order valence-electron chi connectivity index (χ0n) is 19.2. The van der Waals surface area contributed by atoms with E-state index in [4.69, 9.17) is 0 Å². The number of likely N-dealkylation sites (tertiary alicyclic amines) is 1. The Morgan fingerprint density at radius 3 is 2.59 bits per heavy atom. The number of piperidine rings is 1. The number of carboxylic acid groups (broad SMARTS) is 1. The number of carbonyl (C=O) groups is 2. The molecule has 0 radical (unpaired) electrons. The molecule has 8 heteroatoms. The Balaban J connectivity index is 1.45. The highest BCUT2D eigenvalue weighted by atomic mass is 16.4. The summed E-state index contributed by atoms with van der Waals surface area (Å²) in [5, 5.41) is 19.4. The van der Waals surface area contributed by atoms with Crippen LogP contribution < -0.4 is 9.80 Å². The van der Waals surface area contributed by atoms with Crippen LogP contribution in [0.1, 0.15) is 58.8 Å². The highest BCUT2D eigenvalue weighted by molar-refractivity contribution is 5.87. The fourth-order valence-corrected chi connectivity index (χ4v) is 5.66. The summed E-state index contributed by atoms with van der Waals surface area (Å²) in [4.78, 5) is 35.3. The first-order chi connectivity index (χ1) is 15.3. The second-order valence-corrected chi connectivity index (χ2v) is 10.2. The van der Waals surface area contributed by atoms with Gasteiger partial charge in [0.2, 0.25) is 5.91 Å². The Morgan fingerprint density at radius 2 is 1.97 bits per heavy atom. The Kier molecular flexibility index (Phi) is 6.60. The van der Waals surface area contributed by atoms with Gasteiger partial charge in [-0.1, -0.05) is 13.8 Å². The number of carbonyl (C=O) groups excluding carboxylic acids is 1. The molecule has 1 saturated carbocycles. The van der Waals surface area contributed by atoms with Crippen molar-refractivity contribution in [1.29, 1.82) is 0 Å². The number of amides is 2. The Hall–Kier alpha value is -2.35. The average molecular weight is 445 g/mol. The molecule has 2 N–H and O–H groups in total. The number of aromatic nitrogens is 1. The summed E-state index contributed by atoms with van der Waals surface area (Å²) in [5.41, 5.74) is 0.226. The van der Waals surface area contributed by atoms with Gasteiger partial charge in [0.1, 0.15) is 5.82 Å². The average Bonchev–Trinajstić information content (AvgIpc) is 3.08. The maximum Gasteiger partial charge on any atom is 0.411 e. The van der Waals surface area contributed by atoms with Crippen molar-refractivity contribution in [1.82, 2.24) is 9.88 Å². The number of aliphatic hydroxyl groups is 1. The molecule has 1 atom stereocenters. The fourth-order valence-electron chi connectivity index (χ4n) is 5.66. The first-order valence-corrected chi connectivity index (χ1v) is 12.0. The van der Waals surface area contributed by atoms with E-state index in [1.807, 2.05) is 26.0 Å². The number of aliphatic hydroxyl groups excluding tert-OH is 1. The Labute approximate surface area is 190 Å². The van der Waals surface area contributed by atoms with Crippen molar-refractivity contribution in [3.8, 4) is 0 Å². The van der Waals surface area contributed by atoms with Crippen LogP contribution in [0.3, 0.4) is 0 Å². The molecule has 1 spiro atoms. The van der Waals surface area contributed by atoms with Crippen molar-refractivity contribution in [2.45, 2.75) is 70.9 Å². The van der Waals surface area contributed by atoms with Gasteiger partial charge in [-0.15, -0.1) is 0 Å². The SMILES string of the molecule is CC(C)CN(C(=O)O)c1ccc(N2CCC[C@]3(CCN([C@H]4CC[C@H](O)CC4)C3=O)C2)nc1. The van der Waals surface area contributed by atoms with E-state index in [-0.39, 0.29) is 29.4 Å². The number of nitrogens with zero attached hydrogens (tertiary/aromatic N) is 4. The zero-order valence-corrected chi connectivity index (χ0v) is 19.2. The van der Waals surface area contributed by atoms with Crippen LogP contribution in [-0.4, -0.2) is 70.4 Å². The molecule has 3 heterocycles. The van der Waals surface area contributed by atoms with E-state index < -0.39 is 6.09 Å². The van der Waals surface area contributed by atoms with Crippen LogP contribution in [0.25, 0.3) is 0 Å². The van der Waals surface area contributed by atoms with Gasteiger partial charge < -0.3 is 20.0 Å². The van der Waals surface area contributed by atoms with Gasteiger partial charge in [0, 0.05) is 32.2 Å². The molecule has 8 nitrogen and oxygen atoms in total. The van der Waals surface area contributed by atoms with Crippen LogP contribution in [0.2, 0.25) is 0 Å². The van der Waals surface area contributed by atoms with Crippen LogP contribution in [-0.2, 0) is 4.79 Å². The van der Waals surface area contributed by atoms with E-state index in [0.717, 1.165) is 63.9 Å². The van der Waals surface area contributed by atoms with Crippen molar-refractivity contribution in [3.05, 3.63) is 18.3 Å². The predicted molar refractivity (Wildman–Crippen MR) is 123 cm³/mol. The van der Waals surface area contributed by atoms with Crippen LogP contribution in [0.5, 0.6) is 0 Å². The number of hydrogen-bond acceptors (Lipinski definition) is 5. The molecule has 1 aromatic rings. The second-order valence-electron chi connectivity index (χ2n) is 10.2.